The molecule has 138 valence electrons. The molecule has 27 heavy (non-hydrogen) atoms. The molecule has 1 N–H and O–H groups in total. The van der Waals surface area contributed by atoms with E-state index in [0.717, 1.165) is 4.90 Å². The quantitative estimate of drug-likeness (QED) is 0.817. The Morgan fingerprint density at radius 2 is 1.85 bits per heavy atom. The average Bonchev–Trinajstić information content (AvgIpc) is 2.91. The van der Waals surface area contributed by atoms with E-state index in [1.165, 1.54) is 0 Å². The normalized spacial score (nSPS) is 14.9. The number of halogens is 1. The molecule has 0 saturated heterocycles. The van der Waals surface area contributed by atoms with Crippen LogP contribution < -0.4 is 14.8 Å². The Balaban J connectivity index is 1.39. The second-order valence-electron chi connectivity index (χ2n) is 6.08. The average molecular weight is 387 g/mol. The van der Waals surface area contributed by atoms with E-state index in [2.05, 4.69) is 5.32 Å². The van der Waals surface area contributed by atoms with Crippen LogP contribution in [0.2, 0.25) is 5.02 Å². The van der Waals surface area contributed by atoms with E-state index in [-0.39, 0.29) is 35.0 Å². The maximum absolute atomic E-state index is 12.4. The molecular weight excluding hydrogens is 372 g/mol. The van der Waals surface area contributed by atoms with E-state index in [4.69, 9.17) is 21.1 Å². The minimum absolute atomic E-state index is 0.0287. The molecule has 0 aliphatic carbocycles. The number of carbonyl (C=O) groups is 3. The van der Waals surface area contributed by atoms with Gasteiger partial charge in [-0.15, -0.1) is 0 Å². The van der Waals surface area contributed by atoms with Gasteiger partial charge in [-0.05, 0) is 24.3 Å². The van der Waals surface area contributed by atoms with Gasteiger partial charge in [0.05, 0.1) is 16.1 Å². The smallest absolute Gasteiger partial charge is 0.263 e. The van der Waals surface area contributed by atoms with Crippen molar-refractivity contribution in [1.29, 1.82) is 0 Å². The first-order valence-corrected chi connectivity index (χ1v) is 8.76. The molecule has 0 fully saturated rings. The molecule has 2 aliphatic heterocycles. The first kappa shape index (κ1) is 17.4. The van der Waals surface area contributed by atoms with Crippen molar-refractivity contribution in [2.75, 3.05) is 25.1 Å². The van der Waals surface area contributed by atoms with Crippen molar-refractivity contribution >= 4 is 35.0 Å². The third-order valence-electron chi connectivity index (χ3n) is 4.34. The van der Waals surface area contributed by atoms with Crippen molar-refractivity contribution in [3.8, 4) is 11.5 Å². The number of fused-ring (bicyclic) bond motifs is 2. The fourth-order valence-electron chi connectivity index (χ4n) is 3.05. The van der Waals surface area contributed by atoms with E-state index in [9.17, 15) is 14.4 Å². The van der Waals surface area contributed by atoms with Crippen LogP contribution in [0.4, 0.5) is 5.69 Å². The first-order valence-electron chi connectivity index (χ1n) is 8.39. The summed E-state index contributed by atoms with van der Waals surface area (Å²) in [7, 11) is 0. The highest BCUT2D eigenvalue weighted by Gasteiger charge is 2.37. The molecule has 0 radical (unpaired) electrons. The fraction of sp³-hybridized carbons (Fsp3) is 0.211. The zero-order valence-corrected chi connectivity index (χ0v) is 14.9. The summed E-state index contributed by atoms with van der Waals surface area (Å²) in [5.74, 6) is -0.0529. The molecule has 2 aromatic carbocycles. The Labute approximate surface area is 159 Å². The number of carbonyl (C=O) groups excluding carboxylic acids is 3. The molecule has 0 atom stereocenters. The lowest BCUT2D eigenvalue weighted by Gasteiger charge is -2.19. The molecule has 4 rings (SSSR count). The molecule has 3 amide bonds. The van der Waals surface area contributed by atoms with Crippen molar-refractivity contribution in [1.82, 2.24) is 4.90 Å². The SMILES string of the molecule is O=C(CCN1C(=O)c2cccc(Cl)c2C1=O)Nc1ccc2c(c1)OCCO2. The minimum atomic E-state index is -0.479. The summed E-state index contributed by atoms with van der Waals surface area (Å²) in [4.78, 5) is 38.1. The van der Waals surface area contributed by atoms with Gasteiger partial charge in [-0.2, -0.15) is 0 Å². The predicted molar refractivity (Wildman–Crippen MR) is 97.5 cm³/mol. The number of hydrogen-bond donors (Lipinski definition) is 1. The van der Waals surface area contributed by atoms with Gasteiger partial charge in [0.25, 0.3) is 11.8 Å². The van der Waals surface area contributed by atoms with Crippen molar-refractivity contribution < 1.29 is 23.9 Å². The second kappa shape index (κ2) is 6.92. The molecule has 2 heterocycles. The summed E-state index contributed by atoms with van der Waals surface area (Å²) in [5, 5.41) is 2.96. The third-order valence-corrected chi connectivity index (χ3v) is 4.65. The van der Waals surface area contributed by atoms with Crippen molar-refractivity contribution in [3.05, 3.63) is 52.5 Å². The first-order chi connectivity index (χ1) is 13.0. The lowest BCUT2D eigenvalue weighted by molar-refractivity contribution is -0.116. The molecule has 8 heteroatoms. The Morgan fingerprint density at radius 1 is 1.07 bits per heavy atom. The van der Waals surface area contributed by atoms with Crippen LogP contribution in [0.25, 0.3) is 0 Å². The second-order valence-corrected chi connectivity index (χ2v) is 6.49. The molecule has 0 saturated carbocycles. The number of nitrogens with zero attached hydrogens (tertiary/aromatic N) is 1. The van der Waals surface area contributed by atoms with Crippen molar-refractivity contribution in [3.63, 3.8) is 0 Å². The van der Waals surface area contributed by atoms with Crippen LogP contribution in [0.1, 0.15) is 27.1 Å². The minimum Gasteiger partial charge on any atom is -0.486 e. The van der Waals surface area contributed by atoms with E-state index in [1.807, 2.05) is 0 Å². The standard InChI is InChI=1S/C19H15ClN2O5/c20-13-3-1-2-12-17(13)19(25)22(18(12)24)7-6-16(23)21-11-4-5-14-15(10-11)27-9-8-26-14/h1-5,10H,6-9H2,(H,21,23). The molecule has 2 aromatic rings. The Hall–Kier alpha value is -3.06. The highest BCUT2D eigenvalue weighted by molar-refractivity contribution is 6.37. The summed E-state index contributed by atoms with van der Waals surface area (Å²) >= 11 is 6.02. The molecular formula is C19H15ClN2O5. The van der Waals surface area contributed by atoms with E-state index >= 15 is 0 Å². The summed E-state index contributed by atoms with van der Waals surface area (Å²) < 4.78 is 10.9. The van der Waals surface area contributed by atoms with Crippen molar-refractivity contribution in [2.24, 2.45) is 0 Å². The molecule has 2 aliphatic rings. The summed E-state index contributed by atoms with van der Waals surface area (Å²) in [5.41, 5.74) is 1.01. The fourth-order valence-corrected chi connectivity index (χ4v) is 3.31. The summed E-state index contributed by atoms with van der Waals surface area (Å²) in [6.07, 6.45) is -0.0302. The molecule has 0 spiro atoms. The predicted octanol–water partition coefficient (Wildman–Crippen LogP) is 2.74. The van der Waals surface area contributed by atoms with Gasteiger partial charge in [0, 0.05) is 24.7 Å². The number of imide groups is 1. The number of ether oxygens (including phenoxy) is 2. The van der Waals surface area contributed by atoms with Crippen molar-refractivity contribution in [2.45, 2.75) is 6.42 Å². The van der Waals surface area contributed by atoms with Crippen LogP contribution in [0.3, 0.4) is 0 Å². The number of amides is 3. The van der Waals surface area contributed by atoms with Crippen LogP contribution in [0.15, 0.2) is 36.4 Å². The number of hydrogen-bond acceptors (Lipinski definition) is 5. The lowest BCUT2D eigenvalue weighted by Crippen LogP contribution is -2.33. The van der Waals surface area contributed by atoms with Crippen LogP contribution in [-0.4, -0.2) is 42.4 Å². The maximum atomic E-state index is 12.4. The number of nitrogens with one attached hydrogen (secondary N) is 1. The van der Waals surface area contributed by atoms with Gasteiger partial charge in [0.2, 0.25) is 5.91 Å². The zero-order chi connectivity index (χ0) is 19.0. The van der Waals surface area contributed by atoms with Gasteiger partial charge in [0.1, 0.15) is 13.2 Å². The molecule has 7 nitrogen and oxygen atoms in total. The van der Waals surface area contributed by atoms with Gasteiger partial charge < -0.3 is 14.8 Å². The van der Waals surface area contributed by atoms with E-state index < -0.39 is 11.8 Å². The third kappa shape index (κ3) is 3.21. The van der Waals surface area contributed by atoms with Crippen LogP contribution in [0.5, 0.6) is 11.5 Å². The molecule has 0 aromatic heterocycles. The number of anilines is 1. The maximum Gasteiger partial charge on any atom is 0.263 e. The van der Waals surface area contributed by atoms with Gasteiger partial charge in [0.15, 0.2) is 11.5 Å². The van der Waals surface area contributed by atoms with Gasteiger partial charge in [-0.25, -0.2) is 0 Å². The van der Waals surface area contributed by atoms with Gasteiger partial charge >= 0.3 is 0 Å². The largest absolute Gasteiger partial charge is 0.486 e. The monoisotopic (exact) mass is 386 g/mol. The topological polar surface area (TPSA) is 84.9 Å². The van der Waals surface area contributed by atoms with Crippen LogP contribution in [0, 0.1) is 0 Å². The molecule has 0 unspecified atom stereocenters. The zero-order valence-electron chi connectivity index (χ0n) is 14.2. The summed E-state index contributed by atoms with van der Waals surface area (Å²) in [6, 6.07) is 9.82. The van der Waals surface area contributed by atoms with Crippen LogP contribution in [-0.2, 0) is 4.79 Å². The van der Waals surface area contributed by atoms with Gasteiger partial charge in [-0.1, -0.05) is 17.7 Å². The van der Waals surface area contributed by atoms with E-state index in [1.54, 1.807) is 36.4 Å². The Morgan fingerprint density at radius 3 is 2.63 bits per heavy atom. The summed E-state index contributed by atoms with van der Waals surface area (Å²) in [6.45, 7) is 0.911. The van der Waals surface area contributed by atoms with E-state index in [0.29, 0.717) is 30.4 Å². The molecule has 0 bridgehead atoms. The van der Waals surface area contributed by atoms with Gasteiger partial charge in [-0.3, -0.25) is 19.3 Å². The number of rotatable bonds is 4. The Kier molecular flexibility index (Phi) is 4.45. The Bertz CT molecular complexity index is 959. The van der Waals surface area contributed by atoms with Crippen LogP contribution >= 0.6 is 11.6 Å². The lowest BCUT2D eigenvalue weighted by atomic mass is 10.1. The highest BCUT2D eigenvalue weighted by Crippen LogP contribution is 2.33. The highest BCUT2D eigenvalue weighted by atomic mass is 35.5. The number of benzene rings is 2.